The van der Waals surface area contributed by atoms with Gasteiger partial charge in [0.05, 0.1) is 10.6 Å². The highest BCUT2D eigenvalue weighted by Crippen LogP contribution is 2.25. The maximum Gasteiger partial charge on any atom is 0.264 e. The molecule has 38 heavy (non-hydrogen) atoms. The summed E-state index contributed by atoms with van der Waals surface area (Å²) < 4.78 is 29.4. The Hall–Kier alpha value is -3.17. The minimum Gasteiger partial charge on any atom is -0.350 e. The molecule has 0 fully saturated rings. The van der Waals surface area contributed by atoms with Crippen LogP contribution in [0.1, 0.15) is 38.8 Å². The van der Waals surface area contributed by atoms with Crippen LogP contribution in [0.25, 0.3) is 0 Å². The molecule has 9 heteroatoms. The van der Waals surface area contributed by atoms with Crippen molar-refractivity contribution in [2.45, 2.75) is 57.6 Å². The normalized spacial score (nSPS) is 12.5. The zero-order chi connectivity index (χ0) is 28.1. The van der Waals surface area contributed by atoms with Gasteiger partial charge in [0.1, 0.15) is 12.6 Å². The summed E-state index contributed by atoms with van der Waals surface area (Å²) in [4.78, 5) is 28.5. The molecule has 0 radical (unpaired) electrons. The Kier molecular flexibility index (Phi) is 9.38. The minimum atomic E-state index is -4.07. The van der Waals surface area contributed by atoms with Gasteiger partial charge in [-0.3, -0.25) is 13.9 Å². The molecule has 202 valence electrons. The van der Waals surface area contributed by atoms with Crippen molar-refractivity contribution in [3.8, 4) is 0 Å². The number of carbonyl (C=O) groups is 2. The molecule has 7 nitrogen and oxygen atoms in total. The van der Waals surface area contributed by atoms with Crippen molar-refractivity contribution < 1.29 is 18.0 Å². The minimum absolute atomic E-state index is 0.0745. The number of amides is 2. The Bertz CT molecular complexity index is 1370. The van der Waals surface area contributed by atoms with Crippen LogP contribution in [-0.2, 0) is 26.2 Å². The van der Waals surface area contributed by atoms with Crippen molar-refractivity contribution in [2.24, 2.45) is 0 Å². The number of hydrogen-bond acceptors (Lipinski definition) is 4. The highest BCUT2D eigenvalue weighted by atomic mass is 79.9. The maximum absolute atomic E-state index is 13.9. The van der Waals surface area contributed by atoms with E-state index < -0.39 is 34.1 Å². The second-order valence-electron chi connectivity index (χ2n) is 10.2. The lowest BCUT2D eigenvalue weighted by atomic mass is 10.1. The van der Waals surface area contributed by atoms with Gasteiger partial charge in [0, 0.05) is 16.6 Å². The van der Waals surface area contributed by atoms with Gasteiger partial charge in [-0.1, -0.05) is 64.0 Å². The van der Waals surface area contributed by atoms with Crippen LogP contribution in [0.3, 0.4) is 0 Å². The third kappa shape index (κ3) is 7.68. The molecule has 3 aromatic carbocycles. The smallest absolute Gasteiger partial charge is 0.264 e. The van der Waals surface area contributed by atoms with Crippen molar-refractivity contribution in [1.29, 1.82) is 0 Å². The van der Waals surface area contributed by atoms with E-state index in [-0.39, 0.29) is 17.3 Å². The van der Waals surface area contributed by atoms with E-state index >= 15 is 0 Å². The van der Waals surface area contributed by atoms with Gasteiger partial charge in [-0.15, -0.1) is 0 Å². The molecule has 0 spiro atoms. The average molecular weight is 601 g/mol. The van der Waals surface area contributed by atoms with Gasteiger partial charge in [0.25, 0.3) is 10.0 Å². The van der Waals surface area contributed by atoms with Gasteiger partial charge in [-0.2, -0.15) is 0 Å². The van der Waals surface area contributed by atoms with Crippen LogP contribution >= 0.6 is 15.9 Å². The summed E-state index contributed by atoms with van der Waals surface area (Å²) in [6, 6.07) is 21.6. The van der Waals surface area contributed by atoms with E-state index in [1.807, 2.05) is 52.0 Å². The predicted molar refractivity (Wildman–Crippen MR) is 154 cm³/mol. The number of nitrogens with zero attached hydrogens (tertiary/aromatic N) is 2. The number of aryl methyl sites for hydroxylation is 1. The Balaban J connectivity index is 2.02. The highest BCUT2D eigenvalue weighted by molar-refractivity contribution is 9.10. The summed E-state index contributed by atoms with van der Waals surface area (Å²) in [6.07, 6.45) is 0. The van der Waals surface area contributed by atoms with Crippen molar-refractivity contribution in [1.82, 2.24) is 10.2 Å². The van der Waals surface area contributed by atoms with Gasteiger partial charge in [0.2, 0.25) is 11.8 Å². The lowest BCUT2D eigenvalue weighted by molar-refractivity contribution is -0.140. The van der Waals surface area contributed by atoms with E-state index in [1.165, 1.54) is 17.0 Å². The third-order valence-corrected chi connectivity index (χ3v) is 8.12. The van der Waals surface area contributed by atoms with E-state index in [0.717, 1.165) is 19.9 Å². The summed E-state index contributed by atoms with van der Waals surface area (Å²) >= 11 is 3.45. The molecule has 0 bridgehead atoms. The second-order valence-corrected chi connectivity index (χ2v) is 13.0. The quantitative estimate of drug-likeness (QED) is 0.362. The molecule has 0 aliphatic heterocycles. The first kappa shape index (κ1) is 29.4. The number of carbonyl (C=O) groups excluding carboxylic acids is 2. The number of anilines is 1. The molecular formula is C29H34BrN3O4S. The molecule has 0 heterocycles. The molecule has 0 saturated carbocycles. The SMILES string of the molecule is Cc1ccc(N(CC(=O)N(Cc2cccc(Br)c2)C(C)C(=O)NC(C)(C)C)S(=O)(=O)c2ccccc2)cc1. The first-order valence-electron chi connectivity index (χ1n) is 12.3. The fraction of sp³-hybridized carbons (Fsp3) is 0.310. The number of nitrogens with one attached hydrogen (secondary N) is 1. The first-order chi connectivity index (χ1) is 17.8. The number of benzene rings is 3. The molecule has 3 aromatic rings. The Morgan fingerprint density at radius 1 is 0.947 bits per heavy atom. The number of halogens is 1. The monoisotopic (exact) mass is 599 g/mol. The van der Waals surface area contributed by atoms with Crippen LogP contribution < -0.4 is 9.62 Å². The van der Waals surface area contributed by atoms with Crippen molar-refractivity contribution in [2.75, 3.05) is 10.8 Å². The number of rotatable bonds is 9. The third-order valence-electron chi connectivity index (χ3n) is 5.84. The zero-order valence-electron chi connectivity index (χ0n) is 22.3. The molecule has 3 rings (SSSR count). The van der Waals surface area contributed by atoms with E-state index in [1.54, 1.807) is 49.4 Å². The first-order valence-corrected chi connectivity index (χ1v) is 14.5. The van der Waals surface area contributed by atoms with Crippen LogP contribution in [0.2, 0.25) is 0 Å². The molecule has 0 aromatic heterocycles. The maximum atomic E-state index is 13.9. The highest BCUT2D eigenvalue weighted by Gasteiger charge is 2.33. The van der Waals surface area contributed by atoms with Crippen molar-refractivity contribution >= 4 is 43.5 Å². The van der Waals surface area contributed by atoms with Gasteiger partial charge in [-0.05, 0) is 76.6 Å². The van der Waals surface area contributed by atoms with E-state index in [2.05, 4.69) is 21.2 Å². The van der Waals surface area contributed by atoms with Gasteiger partial charge in [0.15, 0.2) is 0 Å². The average Bonchev–Trinajstić information content (AvgIpc) is 2.85. The fourth-order valence-corrected chi connectivity index (χ4v) is 5.73. The summed E-state index contributed by atoms with van der Waals surface area (Å²) in [5.74, 6) is -0.824. The summed E-state index contributed by atoms with van der Waals surface area (Å²) in [5, 5.41) is 2.92. The molecule has 0 aliphatic carbocycles. The molecule has 0 saturated heterocycles. The Morgan fingerprint density at radius 2 is 1.58 bits per heavy atom. The number of sulfonamides is 1. The predicted octanol–water partition coefficient (Wildman–Crippen LogP) is 5.28. The van der Waals surface area contributed by atoms with E-state index in [9.17, 15) is 18.0 Å². The lowest BCUT2D eigenvalue weighted by Crippen LogP contribution is -2.54. The summed E-state index contributed by atoms with van der Waals surface area (Å²) in [7, 11) is -4.07. The van der Waals surface area contributed by atoms with Crippen LogP contribution in [0, 0.1) is 6.92 Å². The Labute approximate surface area is 234 Å². The molecule has 2 amide bonds. The van der Waals surface area contributed by atoms with Crippen LogP contribution in [0.15, 0.2) is 88.2 Å². The van der Waals surface area contributed by atoms with Crippen LogP contribution in [-0.4, -0.2) is 43.3 Å². The second kappa shape index (κ2) is 12.1. The van der Waals surface area contributed by atoms with Crippen LogP contribution in [0.5, 0.6) is 0 Å². The largest absolute Gasteiger partial charge is 0.350 e. The van der Waals surface area contributed by atoms with E-state index in [4.69, 9.17) is 0 Å². The summed E-state index contributed by atoms with van der Waals surface area (Å²) in [6.45, 7) is 8.81. The Morgan fingerprint density at radius 3 is 2.16 bits per heavy atom. The topological polar surface area (TPSA) is 86.8 Å². The van der Waals surface area contributed by atoms with Crippen LogP contribution in [0.4, 0.5) is 5.69 Å². The standard InChI is InChI=1S/C29H34BrN3O4S/c1-21-14-16-25(17-15-21)33(38(36,37)26-12-7-6-8-13-26)20-27(34)32(19-23-10-9-11-24(30)18-23)22(2)28(35)31-29(3,4)5/h6-18,22H,19-20H2,1-5H3,(H,31,35). The molecule has 0 aliphatic rings. The molecule has 1 atom stereocenters. The molecule has 1 N–H and O–H groups in total. The van der Waals surface area contributed by atoms with Gasteiger partial charge in [-0.25, -0.2) is 8.42 Å². The molecule has 1 unspecified atom stereocenters. The van der Waals surface area contributed by atoms with Gasteiger partial charge >= 0.3 is 0 Å². The summed E-state index contributed by atoms with van der Waals surface area (Å²) in [5.41, 5.74) is 1.62. The number of hydrogen-bond donors (Lipinski definition) is 1. The zero-order valence-corrected chi connectivity index (χ0v) is 24.7. The fourth-order valence-electron chi connectivity index (χ4n) is 3.85. The molecular weight excluding hydrogens is 566 g/mol. The lowest BCUT2D eigenvalue weighted by Gasteiger charge is -2.33. The van der Waals surface area contributed by atoms with Gasteiger partial charge < -0.3 is 10.2 Å². The van der Waals surface area contributed by atoms with Crippen molar-refractivity contribution in [3.63, 3.8) is 0 Å². The van der Waals surface area contributed by atoms with Crippen molar-refractivity contribution in [3.05, 3.63) is 94.5 Å². The van der Waals surface area contributed by atoms with E-state index in [0.29, 0.717) is 5.69 Å².